The van der Waals surface area contributed by atoms with E-state index < -0.39 is 39.4 Å². The maximum absolute atomic E-state index is 12.0. The molecule has 0 saturated carbocycles. The molecule has 0 saturated heterocycles. The molecule has 0 fully saturated rings. The summed E-state index contributed by atoms with van der Waals surface area (Å²) in [6.07, 6.45) is 13.5. The minimum Gasteiger partial charge on any atom is -0.463 e. The molecule has 0 spiro atoms. The molecule has 0 aromatic carbocycles. The molecule has 3 N–H and O–H groups in total. The molecule has 0 aromatic heterocycles. The van der Waals surface area contributed by atoms with E-state index in [4.69, 9.17) is 23.6 Å². The number of likely N-dealkylation sites (N-methyl/N-ethyl adjacent to an activating group) is 1. The van der Waals surface area contributed by atoms with E-state index in [1.54, 1.807) is 19.0 Å². The van der Waals surface area contributed by atoms with Crippen molar-refractivity contribution >= 4 is 13.8 Å². The highest BCUT2D eigenvalue weighted by Crippen LogP contribution is 2.43. The summed E-state index contributed by atoms with van der Waals surface area (Å²) in [7, 11) is -0.756. The van der Waals surface area contributed by atoms with Crippen molar-refractivity contribution in [2.24, 2.45) is 0 Å². The van der Waals surface area contributed by atoms with E-state index in [0.717, 1.165) is 19.3 Å². The van der Waals surface area contributed by atoms with Crippen molar-refractivity contribution in [2.45, 2.75) is 109 Å². The van der Waals surface area contributed by atoms with Crippen LogP contribution in [-0.2, 0) is 27.9 Å². The van der Waals surface area contributed by atoms with Crippen molar-refractivity contribution in [1.82, 2.24) is 4.90 Å². The number of hydrogen-bond acceptors (Lipinski definition) is 9. The van der Waals surface area contributed by atoms with Crippen LogP contribution in [0.25, 0.3) is 0 Å². The number of carbonyl (C=O) groups excluding carboxylic acids is 1. The van der Waals surface area contributed by atoms with E-state index >= 15 is 0 Å². The number of rotatable bonds is 26. The van der Waals surface area contributed by atoms with Gasteiger partial charge in [0.2, 0.25) is 0 Å². The van der Waals surface area contributed by atoms with Gasteiger partial charge in [0.1, 0.15) is 12.7 Å². The van der Waals surface area contributed by atoms with Gasteiger partial charge in [-0.05, 0) is 20.5 Å². The highest BCUT2D eigenvalue weighted by atomic mass is 31.2. The number of aliphatic hydroxyl groups excluding tert-OH is 2. The molecule has 0 aliphatic rings. The molecule has 0 rings (SSSR count). The zero-order chi connectivity index (χ0) is 27.1. The third kappa shape index (κ3) is 23.8. The molecule has 3 unspecified atom stereocenters. The fourth-order valence-electron chi connectivity index (χ4n) is 3.49. The topological polar surface area (TPSA) is 135 Å². The third-order valence-electron chi connectivity index (χ3n) is 5.64. The van der Waals surface area contributed by atoms with Gasteiger partial charge < -0.3 is 29.5 Å². The van der Waals surface area contributed by atoms with E-state index in [2.05, 4.69) is 6.92 Å². The van der Waals surface area contributed by atoms with E-state index in [1.807, 2.05) is 0 Å². The molecule has 0 radical (unpaired) electrons. The van der Waals surface area contributed by atoms with Crippen molar-refractivity contribution < 1.29 is 43.0 Å². The highest BCUT2D eigenvalue weighted by molar-refractivity contribution is 7.47. The maximum Gasteiger partial charge on any atom is 0.472 e. The van der Waals surface area contributed by atoms with Gasteiger partial charge in [-0.15, -0.1) is 0 Å². The number of ether oxygens (including phenoxy) is 2. The van der Waals surface area contributed by atoms with Gasteiger partial charge in [0, 0.05) is 13.0 Å². The Bertz CT molecular complexity index is 566. The van der Waals surface area contributed by atoms with Gasteiger partial charge in [-0.3, -0.25) is 13.8 Å². The number of aliphatic hydroxyl groups is 2. The number of carbonyl (C=O) groups is 1. The lowest BCUT2D eigenvalue weighted by Crippen LogP contribution is -2.33. The van der Waals surface area contributed by atoms with Gasteiger partial charge in [0.15, 0.2) is 6.29 Å². The SMILES string of the molecule is CCCCCCCCCCCCCCCC(=O)OCC(COP(=O)(O)OCCN(C)C)OC(O)CO. The van der Waals surface area contributed by atoms with Crippen LogP contribution in [0.5, 0.6) is 0 Å². The van der Waals surface area contributed by atoms with Gasteiger partial charge in [0.25, 0.3) is 0 Å². The molecule has 11 heteroatoms. The Hall–Kier alpha value is -0.580. The number of nitrogens with zero attached hydrogens (tertiary/aromatic N) is 1. The first-order chi connectivity index (χ1) is 17.2. The minimum absolute atomic E-state index is 0.0142. The van der Waals surface area contributed by atoms with Crippen molar-refractivity contribution in [1.29, 1.82) is 0 Å². The predicted octanol–water partition coefficient (Wildman–Crippen LogP) is 4.40. The summed E-state index contributed by atoms with van der Waals surface area (Å²) in [6.45, 7) is 1.22. The third-order valence-corrected chi connectivity index (χ3v) is 6.62. The van der Waals surface area contributed by atoms with Crippen LogP contribution in [0.2, 0.25) is 0 Å². The summed E-state index contributed by atoms with van der Waals surface area (Å²) in [6, 6.07) is 0. The first kappa shape index (κ1) is 35.4. The quantitative estimate of drug-likeness (QED) is 0.0626. The van der Waals surface area contributed by atoms with Crippen LogP contribution in [0, 0.1) is 0 Å². The fourth-order valence-corrected chi connectivity index (χ4v) is 4.23. The first-order valence-electron chi connectivity index (χ1n) is 13.6. The van der Waals surface area contributed by atoms with Crippen LogP contribution in [0.3, 0.4) is 0 Å². The molecule has 0 amide bonds. The zero-order valence-corrected chi connectivity index (χ0v) is 23.7. The largest absolute Gasteiger partial charge is 0.472 e. The van der Waals surface area contributed by atoms with Crippen LogP contribution in [0.1, 0.15) is 96.8 Å². The molecule has 10 nitrogen and oxygen atoms in total. The number of esters is 1. The Balaban J connectivity index is 3.99. The number of phosphoric ester groups is 1. The second-order valence-corrected chi connectivity index (χ2v) is 10.9. The molecular formula is C25H52NO9P. The van der Waals surface area contributed by atoms with Crippen LogP contribution < -0.4 is 0 Å². The molecule has 0 bridgehead atoms. The lowest BCUT2D eigenvalue weighted by molar-refractivity contribution is -0.182. The van der Waals surface area contributed by atoms with Gasteiger partial charge in [0.05, 0.1) is 19.8 Å². The molecule has 0 aromatic rings. The normalized spacial score (nSPS) is 15.1. The average Bonchev–Trinajstić information content (AvgIpc) is 2.83. The summed E-state index contributed by atoms with van der Waals surface area (Å²) < 4.78 is 32.0. The van der Waals surface area contributed by atoms with Crippen molar-refractivity contribution in [2.75, 3.05) is 47.1 Å². The van der Waals surface area contributed by atoms with E-state index in [-0.39, 0.29) is 19.6 Å². The Morgan fingerprint density at radius 3 is 1.89 bits per heavy atom. The summed E-state index contributed by atoms with van der Waals surface area (Å²) in [5, 5.41) is 18.5. The number of hydrogen-bond donors (Lipinski definition) is 3. The second kappa shape index (κ2) is 23.5. The Morgan fingerprint density at radius 1 is 0.861 bits per heavy atom. The molecule has 0 aliphatic heterocycles. The molecule has 216 valence electrons. The van der Waals surface area contributed by atoms with Crippen molar-refractivity contribution in [3.8, 4) is 0 Å². The van der Waals surface area contributed by atoms with E-state index in [0.29, 0.717) is 6.54 Å². The molecular weight excluding hydrogens is 489 g/mol. The number of phosphoric acid groups is 1. The Morgan fingerprint density at radius 2 is 1.39 bits per heavy atom. The van der Waals surface area contributed by atoms with Crippen LogP contribution in [0.15, 0.2) is 0 Å². The maximum atomic E-state index is 12.0. The lowest BCUT2D eigenvalue weighted by atomic mass is 10.0. The van der Waals surface area contributed by atoms with Gasteiger partial charge in [-0.2, -0.15) is 0 Å². The Labute approximate surface area is 218 Å². The second-order valence-electron chi connectivity index (χ2n) is 9.47. The number of unbranched alkanes of at least 4 members (excludes halogenated alkanes) is 12. The predicted molar refractivity (Wildman–Crippen MR) is 140 cm³/mol. The first-order valence-corrected chi connectivity index (χ1v) is 15.1. The highest BCUT2D eigenvalue weighted by Gasteiger charge is 2.25. The van der Waals surface area contributed by atoms with Crippen LogP contribution in [0.4, 0.5) is 0 Å². The Kier molecular flexibility index (Phi) is 23.2. The van der Waals surface area contributed by atoms with Gasteiger partial charge in [-0.1, -0.05) is 84.0 Å². The monoisotopic (exact) mass is 541 g/mol. The van der Waals surface area contributed by atoms with Crippen LogP contribution in [-0.4, -0.2) is 85.4 Å². The smallest absolute Gasteiger partial charge is 0.463 e. The summed E-state index contributed by atoms with van der Waals surface area (Å²) in [4.78, 5) is 23.6. The molecule has 3 atom stereocenters. The van der Waals surface area contributed by atoms with Crippen molar-refractivity contribution in [3.63, 3.8) is 0 Å². The summed E-state index contributed by atoms with van der Waals surface area (Å²) >= 11 is 0. The van der Waals surface area contributed by atoms with E-state index in [9.17, 15) is 19.4 Å². The zero-order valence-electron chi connectivity index (χ0n) is 22.8. The minimum atomic E-state index is -4.34. The fraction of sp³-hybridized carbons (Fsp3) is 0.960. The molecule has 0 heterocycles. The van der Waals surface area contributed by atoms with Crippen LogP contribution >= 0.6 is 7.82 Å². The summed E-state index contributed by atoms with van der Waals surface area (Å²) in [5.41, 5.74) is 0. The standard InChI is InChI=1S/C25H52NO9P/c1-4-5-6-7-8-9-10-11-12-13-14-15-16-17-24(28)32-21-23(35-25(29)20-27)22-34-36(30,31)33-19-18-26(2)3/h23,25,27,29H,4-22H2,1-3H3,(H,30,31). The van der Waals surface area contributed by atoms with Gasteiger partial charge in [-0.25, -0.2) is 4.57 Å². The molecule has 0 aliphatic carbocycles. The van der Waals surface area contributed by atoms with Gasteiger partial charge >= 0.3 is 13.8 Å². The van der Waals surface area contributed by atoms with E-state index in [1.165, 1.54) is 64.2 Å². The summed E-state index contributed by atoms with van der Waals surface area (Å²) in [5.74, 6) is -0.417. The molecule has 36 heavy (non-hydrogen) atoms. The lowest BCUT2D eigenvalue weighted by Gasteiger charge is -2.22. The van der Waals surface area contributed by atoms with Crippen molar-refractivity contribution in [3.05, 3.63) is 0 Å². The average molecular weight is 542 g/mol.